The van der Waals surface area contributed by atoms with Crippen molar-refractivity contribution in [1.82, 2.24) is 10.3 Å². The van der Waals surface area contributed by atoms with Gasteiger partial charge >= 0.3 is 5.97 Å². The van der Waals surface area contributed by atoms with Crippen molar-refractivity contribution < 1.29 is 23.8 Å². The Morgan fingerprint density at radius 2 is 1.86 bits per heavy atom. The maximum atomic E-state index is 12.4. The number of hydrogen-bond donors (Lipinski definition) is 2. The minimum Gasteiger partial charge on any atom is -0.493 e. The zero-order chi connectivity index (χ0) is 25.3. The van der Waals surface area contributed by atoms with Gasteiger partial charge in [0, 0.05) is 31.4 Å². The summed E-state index contributed by atoms with van der Waals surface area (Å²) in [5.74, 6) is 1.73. The molecule has 0 radical (unpaired) electrons. The summed E-state index contributed by atoms with van der Waals surface area (Å²) in [6.07, 6.45) is 6.26. The highest BCUT2D eigenvalue weighted by atomic mass is 16.5. The molecule has 1 aliphatic carbocycles. The molecule has 36 heavy (non-hydrogen) atoms. The van der Waals surface area contributed by atoms with Gasteiger partial charge in [-0.1, -0.05) is 37.1 Å². The molecule has 0 unspecified atom stereocenters. The number of hydrogen-bond acceptors (Lipinski definition) is 5. The van der Waals surface area contributed by atoms with Crippen molar-refractivity contribution in [2.45, 2.75) is 64.8 Å². The van der Waals surface area contributed by atoms with E-state index in [0.717, 1.165) is 41.0 Å². The molecule has 0 saturated heterocycles. The molecular formula is C29H34N2O5. The monoisotopic (exact) mass is 490 g/mol. The lowest BCUT2D eigenvalue weighted by Gasteiger charge is -2.14. The summed E-state index contributed by atoms with van der Waals surface area (Å²) in [5, 5.41) is 12.1. The molecule has 1 amide bonds. The van der Waals surface area contributed by atoms with Gasteiger partial charge in [0.05, 0.1) is 12.3 Å². The summed E-state index contributed by atoms with van der Waals surface area (Å²) in [4.78, 5) is 28.2. The van der Waals surface area contributed by atoms with E-state index in [1.54, 1.807) is 0 Å². The Bertz CT molecular complexity index is 1170. The summed E-state index contributed by atoms with van der Waals surface area (Å²) >= 11 is 0. The highest BCUT2D eigenvalue weighted by molar-refractivity contribution is 5.76. The Kier molecular flexibility index (Phi) is 8.76. The molecule has 7 nitrogen and oxygen atoms in total. The van der Waals surface area contributed by atoms with Crippen LogP contribution in [0.25, 0.3) is 11.5 Å². The van der Waals surface area contributed by atoms with Gasteiger partial charge < -0.3 is 19.6 Å². The first kappa shape index (κ1) is 25.5. The lowest BCUT2D eigenvalue weighted by molar-refractivity contribution is -0.137. The van der Waals surface area contributed by atoms with E-state index >= 15 is 0 Å². The van der Waals surface area contributed by atoms with Crippen LogP contribution in [0.4, 0.5) is 0 Å². The fourth-order valence-corrected chi connectivity index (χ4v) is 4.71. The van der Waals surface area contributed by atoms with Crippen molar-refractivity contribution in [3.05, 3.63) is 71.1 Å². The first-order valence-corrected chi connectivity index (χ1v) is 12.7. The Morgan fingerprint density at radius 3 is 2.61 bits per heavy atom. The summed E-state index contributed by atoms with van der Waals surface area (Å²) in [6.45, 7) is 2.68. The number of rotatable bonds is 12. The third-order valence-electron chi connectivity index (χ3n) is 6.73. The topological polar surface area (TPSA) is 102 Å². The molecule has 3 aromatic rings. The van der Waals surface area contributed by atoms with E-state index in [9.17, 15) is 9.59 Å². The van der Waals surface area contributed by atoms with Crippen LogP contribution in [0.3, 0.4) is 0 Å². The van der Waals surface area contributed by atoms with Gasteiger partial charge in [0.25, 0.3) is 0 Å². The minimum absolute atomic E-state index is 0.0401. The van der Waals surface area contributed by atoms with E-state index < -0.39 is 5.97 Å². The summed E-state index contributed by atoms with van der Waals surface area (Å²) < 4.78 is 11.8. The van der Waals surface area contributed by atoms with Gasteiger partial charge in [-0.3, -0.25) is 9.59 Å². The minimum atomic E-state index is -0.843. The van der Waals surface area contributed by atoms with Gasteiger partial charge in [0.15, 0.2) is 0 Å². The van der Waals surface area contributed by atoms with E-state index in [1.165, 1.54) is 12.8 Å². The molecule has 0 aliphatic heterocycles. The fraction of sp³-hybridized carbons (Fsp3) is 0.414. The SMILES string of the molecule is Cc1oc(-c2ccccc2)nc1CCOc1ccc(CCC(=O)O)c(CNC(=O)CC2CCCC2)c1. The van der Waals surface area contributed by atoms with Crippen molar-refractivity contribution in [3.8, 4) is 17.2 Å². The van der Waals surface area contributed by atoms with Crippen LogP contribution in [0.5, 0.6) is 5.75 Å². The molecule has 0 atom stereocenters. The van der Waals surface area contributed by atoms with Crippen LogP contribution < -0.4 is 10.1 Å². The third-order valence-corrected chi connectivity index (χ3v) is 6.73. The number of carboxylic acid groups (broad SMARTS) is 1. The van der Waals surface area contributed by atoms with Crippen LogP contribution in [-0.2, 0) is 29.0 Å². The van der Waals surface area contributed by atoms with Crippen LogP contribution in [0, 0.1) is 12.8 Å². The predicted molar refractivity (Wildman–Crippen MR) is 137 cm³/mol. The van der Waals surface area contributed by atoms with E-state index in [2.05, 4.69) is 10.3 Å². The fourth-order valence-electron chi connectivity index (χ4n) is 4.71. The first-order valence-electron chi connectivity index (χ1n) is 12.7. The molecular weight excluding hydrogens is 456 g/mol. The van der Waals surface area contributed by atoms with Gasteiger partial charge in [-0.2, -0.15) is 0 Å². The molecule has 1 aromatic heterocycles. The smallest absolute Gasteiger partial charge is 0.303 e. The normalized spacial score (nSPS) is 13.6. The second-order valence-corrected chi connectivity index (χ2v) is 9.44. The molecule has 2 aromatic carbocycles. The quantitative estimate of drug-likeness (QED) is 0.348. The number of ether oxygens (including phenoxy) is 1. The maximum absolute atomic E-state index is 12.4. The number of nitrogens with one attached hydrogen (secondary N) is 1. The molecule has 4 rings (SSSR count). The molecule has 0 bridgehead atoms. The number of aromatic nitrogens is 1. The van der Waals surface area contributed by atoms with Crippen molar-refractivity contribution in [3.63, 3.8) is 0 Å². The Morgan fingerprint density at radius 1 is 1.08 bits per heavy atom. The second kappa shape index (κ2) is 12.4. The van der Waals surface area contributed by atoms with Gasteiger partial charge in [0.1, 0.15) is 11.5 Å². The van der Waals surface area contributed by atoms with Crippen LogP contribution >= 0.6 is 0 Å². The third kappa shape index (κ3) is 7.20. The average molecular weight is 491 g/mol. The highest BCUT2D eigenvalue weighted by Crippen LogP contribution is 2.27. The Labute approximate surface area is 211 Å². The van der Waals surface area contributed by atoms with E-state index in [4.69, 9.17) is 14.3 Å². The zero-order valence-corrected chi connectivity index (χ0v) is 20.8. The van der Waals surface area contributed by atoms with Crippen molar-refractivity contribution in [2.24, 2.45) is 5.92 Å². The van der Waals surface area contributed by atoms with Gasteiger partial charge in [0.2, 0.25) is 11.8 Å². The number of oxazole rings is 1. The number of carbonyl (C=O) groups excluding carboxylic acids is 1. The average Bonchev–Trinajstić information content (AvgIpc) is 3.52. The van der Waals surface area contributed by atoms with Gasteiger partial charge in [-0.15, -0.1) is 0 Å². The number of carbonyl (C=O) groups is 2. The van der Waals surface area contributed by atoms with E-state index in [0.29, 0.717) is 50.0 Å². The molecule has 1 heterocycles. The Balaban J connectivity index is 1.36. The van der Waals surface area contributed by atoms with E-state index in [1.807, 2.05) is 55.5 Å². The van der Waals surface area contributed by atoms with Gasteiger partial charge in [-0.25, -0.2) is 4.98 Å². The summed E-state index contributed by atoms with van der Waals surface area (Å²) in [5.41, 5.74) is 3.58. The number of aryl methyl sites for hydroxylation is 2. The second-order valence-electron chi connectivity index (χ2n) is 9.44. The number of benzene rings is 2. The molecule has 190 valence electrons. The maximum Gasteiger partial charge on any atom is 0.303 e. The predicted octanol–water partition coefficient (Wildman–Crippen LogP) is 5.49. The summed E-state index contributed by atoms with van der Waals surface area (Å²) in [6, 6.07) is 15.4. The lowest BCUT2D eigenvalue weighted by Crippen LogP contribution is -2.25. The molecule has 1 fully saturated rings. The molecule has 1 aliphatic rings. The van der Waals surface area contributed by atoms with Crippen molar-refractivity contribution in [2.75, 3.05) is 6.61 Å². The number of aliphatic carboxylic acids is 1. The van der Waals surface area contributed by atoms with Crippen molar-refractivity contribution >= 4 is 11.9 Å². The van der Waals surface area contributed by atoms with E-state index in [-0.39, 0.29) is 12.3 Å². The van der Waals surface area contributed by atoms with Gasteiger partial charge in [-0.05, 0) is 67.5 Å². The van der Waals surface area contributed by atoms with Crippen molar-refractivity contribution in [1.29, 1.82) is 0 Å². The summed E-state index contributed by atoms with van der Waals surface area (Å²) in [7, 11) is 0. The molecule has 2 N–H and O–H groups in total. The van der Waals surface area contributed by atoms with Crippen LogP contribution in [0.1, 0.15) is 61.1 Å². The molecule has 1 saturated carbocycles. The number of carboxylic acids is 1. The van der Waals surface area contributed by atoms with Crippen LogP contribution in [0.2, 0.25) is 0 Å². The Hall–Kier alpha value is -3.61. The van der Waals surface area contributed by atoms with Crippen LogP contribution in [-0.4, -0.2) is 28.6 Å². The molecule has 7 heteroatoms. The first-order chi connectivity index (χ1) is 17.5. The number of amides is 1. The highest BCUT2D eigenvalue weighted by Gasteiger charge is 2.18. The zero-order valence-electron chi connectivity index (χ0n) is 20.8. The number of nitrogens with zero attached hydrogens (tertiary/aromatic N) is 1. The van der Waals surface area contributed by atoms with Crippen LogP contribution in [0.15, 0.2) is 52.9 Å². The molecule has 0 spiro atoms. The largest absolute Gasteiger partial charge is 0.493 e. The lowest BCUT2D eigenvalue weighted by atomic mass is 10.0. The standard InChI is InChI=1S/C29H34N2O5/c1-20-26(31-29(36-20)23-9-3-2-4-10-23)15-16-35-25-13-11-22(12-14-28(33)34)24(18-25)19-30-27(32)17-21-7-5-6-8-21/h2-4,9-11,13,18,21H,5-8,12,14-17,19H2,1H3,(H,30,32)(H,33,34).